The van der Waals surface area contributed by atoms with Gasteiger partial charge in [0.05, 0.1) is 13.3 Å². The Kier molecular flexibility index (Phi) is 5.32. The Morgan fingerprint density at radius 3 is 2.83 bits per heavy atom. The zero-order chi connectivity index (χ0) is 20.5. The van der Waals surface area contributed by atoms with Crippen LogP contribution in [0.3, 0.4) is 0 Å². The van der Waals surface area contributed by atoms with Gasteiger partial charge in [0.1, 0.15) is 5.75 Å². The number of aryl methyl sites for hydroxylation is 2. The standard InChI is InChI=1S/C22H29N5O2/c1-5-27-11-16(9-23-27)10-26-13-20(21(14-26)24-15(2)28)19-12-25(3)22-7-6-17(29-4)8-18(19)22/h6-9,11-12,20-21H,5,10,13-14H2,1-4H3,(H,24,28)/t20-,21+/m1/s1. The lowest BCUT2D eigenvalue weighted by Crippen LogP contribution is -2.38. The number of nitrogens with zero attached hydrogens (tertiary/aromatic N) is 4. The highest BCUT2D eigenvalue weighted by Gasteiger charge is 2.36. The molecule has 0 unspecified atom stereocenters. The van der Waals surface area contributed by atoms with Crippen molar-refractivity contribution in [3.8, 4) is 5.75 Å². The van der Waals surface area contributed by atoms with E-state index in [0.29, 0.717) is 0 Å². The summed E-state index contributed by atoms with van der Waals surface area (Å²) in [6, 6.07) is 6.26. The molecule has 7 nitrogen and oxygen atoms in total. The molecule has 1 fully saturated rings. The molecule has 2 aromatic heterocycles. The Hall–Kier alpha value is -2.80. The van der Waals surface area contributed by atoms with E-state index < -0.39 is 0 Å². The number of hydrogen-bond donors (Lipinski definition) is 1. The molecule has 3 aromatic rings. The van der Waals surface area contributed by atoms with Crippen molar-refractivity contribution >= 4 is 16.8 Å². The molecule has 1 N–H and O–H groups in total. The third-order valence-corrected chi connectivity index (χ3v) is 5.83. The molecule has 0 spiro atoms. The summed E-state index contributed by atoms with van der Waals surface area (Å²) in [5.41, 5.74) is 3.63. The molecule has 1 amide bonds. The zero-order valence-corrected chi connectivity index (χ0v) is 17.6. The molecule has 2 atom stereocenters. The number of fused-ring (bicyclic) bond motifs is 1. The van der Waals surface area contributed by atoms with Crippen LogP contribution in [0.15, 0.2) is 36.8 Å². The molecule has 0 bridgehead atoms. The lowest BCUT2D eigenvalue weighted by atomic mass is 9.93. The van der Waals surface area contributed by atoms with Crippen LogP contribution in [0.5, 0.6) is 5.75 Å². The lowest BCUT2D eigenvalue weighted by molar-refractivity contribution is -0.119. The van der Waals surface area contributed by atoms with Gasteiger partial charge in [-0.25, -0.2) is 0 Å². The van der Waals surface area contributed by atoms with E-state index in [2.05, 4.69) is 58.4 Å². The highest BCUT2D eigenvalue weighted by Crippen LogP contribution is 2.36. The summed E-state index contributed by atoms with van der Waals surface area (Å²) >= 11 is 0. The van der Waals surface area contributed by atoms with Gasteiger partial charge >= 0.3 is 0 Å². The summed E-state index contributed by atoms with van der Waals surface area (Å²) in [6.45, 7) is 7.09. The number of methoxy groups -OCH3 is 1. The first-order chi connectivity index (χ1) is 14.0. The van der Waals surface area contributed by atoms with E-state index in [4.69, 9.17) is 4.74 Å². The van der Waals surface area contributed by atoms with E-state index in [0.717, 1.165) is 31.9 Å². The molecular formula is C22H29N5O2. The summed E-state index contributed by atoms with van der Waals surface area (Å²) in [4.78, 5) is 14.3. The third kappa shape index (κ3) is 3.87. The van der Waals surface area contributed by atoms with E-state index in [1.807, 2.05) is 16.9 Å². The summed E-state index contributed by atoms with van der Waals surface area (Å²) in [5.74, 6) is 1.08. The van der Waals surface area contributed by atoms with Crippen LogP contribution in [0.1, 0.15) is 30.9 Å². The van der Waals surface area contributed by atoms with Gasteiger partial charge in [-0.1, -0.05) is 0 Å². The maximum absolute atomic E-state index is 11.9. The molecule has 0 saturated carbocycles. The molecule has 7 heteroatoms. The summed E-state index contributed by atoms with van der Waals surface area (Å²) in [6.07, 6.45) is 6.23. The smallest absolute Gasteiger partial charge is 0.217 e. The predicted octanol–water partition coefficient (Wildman–Crippen LogP) is 2.51. The van der Waals surface area contributed by atoms with Gasteiger partial charge in [-0.15, -0.1) is 0 Å². The van der Waals surface area contributed by atoms with E-state index in [1.165, 1.54) is 22.0 Å². The van der Waals surface area contributed by atoms with Gasteiger partial charge in [0.2, 0.25) is 5.91 Å². The predicted molar refractivity (Wildman–Crippen MR) is 113 cm³/mol. The Balaban J connectivity index is 1.65. The van der Waals surface area contributed by atoms with Crippen LogP contribution in [0.4, 0.5) is 0 Å². The normalized spacial score (nSPS) is 19.7. The van der Waals surface area contributed by atoms with Gasteiger partial charge in [0.25, 0.3) is 0 Å². The van der Waals surface area contributed by atoms with E-state index in [1.54, 1.807) is 14.0 Å². The van der Waals surface area contributed by atoms with Crippen LogP contribution < -0.4 is 10.1 Å². The molecule has 1 aliphatic rings. The van der Waals surface area contributed by atoms with Gasteiger partial charge in [0.15, 0.2) is 0 Å². The van der Waals surface area contributed by atoms with Crippen molar-refractivity contribution in [2.75, 3.05) is 20.2 Å². The SMILES string of the molecule is CCn1cc(CN2C[C@H](NC(C)=O)[C@@H](c3cn(C)c4ccc(OC)cc34)C2)cn1. The first kappa shape index (κ1) is 19.5. The average Bonchev–Trinajstić information content (AvgIpc) is 3.39. The molecule has 3 heterocycles. The summed E-state index contributed by atoms with van der Waals surface area (Å²) in [5, 5.41) is 8.76. The van der Waals surface area contributed by atoms with Crippen LogP contribution in [0, 0.1) is 0 Å². The molecule has 154 valence electrons. The molecular weight excluding hydrogens is 366 g/mol. The van der Waals surface area contributed by atoms with Crippen LogP contribution >= 0.6 is 0 Å². The van der Waals surface area contributed by atoms with Crippen molar-refractivity contribution in [1.82, 2.24) is 24.6 Å². The van der Waals surface area contributed by atoms with Gasteiger partial charge in [0, 0.05) is 81.0 Å². The number of aromatic nitrogens is 3. The molecule has 4 rings (SSSR count). The highest BCUT2D eigenvalue weighted by atomic mass is 16.5. The van der Waals surface area contributed by atoms with Crippen molar-refractivity contribution in [3.05, 3.63) is 47.9 Å². The number of hydrogen-bond acceptors (Lipinski definition) is 4. The van der Waals surface area contributed by atoms with Crippen molar-refractivity contribution in [2.24, 2.45) is 7.05 Å². The van der Waals surface area contributed by atoms with Crippen LogP contribution in [0.2, 0.25) is 0 Å². The van der Waals surface area contributed by atoms with Gasteiger partial charge in [-0.2, -0.15) is 5.10 Å². The van der Waals surface area contributed by atoms with E-state index >= 15 is 0 Å². The first-order valence-corrected chi connectivity index (χ1v) is 10.1. The topological polar surface area (TPSA) is 64.3 Å². The zero-order valence-electron chi connectivity index (χ0n) is 17.6. The number of amides is 1. The minimum absolute atomic E-state index is 0.0125. The maximum atomic E-state index is 11.9. The fourth-order valence-corrected chi connectivity index (χ4v) is 4.48. The number of carbonyl (C=O) groups is 1. The second-order valence-electron chi connectivity index (χ2n) is 7.89. The van der Waals surface area contributed by atoms with Crippen molar-refractivity contribution < 1.29 is 9.53 Å². The molecule has 1 aliphatic heterocycles. The quantitative estimate of drug-likeness (QED) is 0.697. The molecule has 0 radical (unpaired) electrons. The van der Waals surface area contributed by atoms with Crippen LogP contribution in [-0.2, 0) is 24.9 Å². The fourth-order valence-electron chi connectivity index (χ4n) is 4.48. The molecule has 0 aliphatic carbocycles. The number of rotatable bonds is 6. The van der Waals surface area contributed by atoms with Crippen LogP contribution in [-0.4, -0.2) is 51.4 Å². The second-order valence-corrected chi connectivity index (χ2v) is 7.89. The Morgan fingerprint density at radius 1 is 1.31 bits per heavy atom. The van der Waals surface area contributed by atoms with Crippen LogP contribution in [0.25, 0.3) is 10.9 Å². The van der Waals surface area contributed by atoms with Crippen molar-refractivity contribution in [3.63, 3.8) is 0 Å². The molecule has 1 saturated heterocycles. The first-order valence-electron chi connectivity index (χ1n) is 10.1. The van der Waals surface area contributed by atoms with Gasteiger partial charge in [-0.3, -0.25) is 14.4 Å². The number of ether oxygens (including phenoxy) is 1. The number of benzene rings is 1. The Labute approximate surface area is 171 Å². The monoisotopic (exact) mass is 395 g/mol. The largest absolute Gasteiger partial charge is 0.497 e. The summed E-state index contributed by atoms with van der Waals surface area (Å²) < 4.78 is 9.56. The highest BCUT2D eigenvalue weighted by molar-refractivity contribution is 5.86. The Bertz CT molecular complexity index is 1020. The molecule has 1 aromatic carbocycles. The van der Waals surface area contributed by atoms with Gasteiger partial charge < -0.3 is 14.6 Å². The van der Waals surface area contributed by atoms with Crippen molar-refractivity contribution in [1.29, 1.82) is 0 Å². The summed E-state index contributed by atoms with van der Waals surface area (Å²) in [7, 11) is 3.76. The number of nitrogens with one attached hydrogen (secondary N) is 1. The fraction of sp³-hybridized carbons (Fsp3) is 0.455. The number of carbonyl (C=O) groups excluding carboxylic acids is 1. The molecule has 29 heavy (non-hydrogen) atoms. The third-order valence-electron chi connectivity index (χ3n) is 5.83. The minimum atomic E-state index is 0.0125. The number of likely N-dealkylation sites (tertiary alicyclic amines) is 1. The van der Waals surface area contributed by atoms with Crippen molar-refractivity contribution in [2.45, 2.75) is 38.9 Å². The van der Waals surface area contributed by atoms with E-state index in [-0.39, 0.29) is 17.9 Å². The lowest BCUT2D eigenvalue weighted by Gasteiger charge is -2.19. The minimum Gasteiger partial charge on any atom is -0.497 e. The second kappa shape index (κ2) is 7.91. The Morgan fingerprint density at radius 2 is 2.14 bits per heavy atom. The average molecular weight is 396 g/mol. The van der Waals surface area contributed by atoms with E-state index in [9.17, 15) is 4.79 Å². The van der Waals surface area contributed by atoms with Gasteiger partial charge in [-0.05, 0) is 30.7 Å². The maximum Gasteiger partial charge on any atom is 0.217 e.